The molecule has 164 valence electrons. The quantitative estimate of drug-likeness (QED) is 0.563. The maximum Gasteiger partial charge on any atom is 0.433 e. The summed E-state index contributed by atoms with van der Waals surface area (Å²) in [5.41, 5.74) is -0.681. The minimum Gasteiger partial charge on any atom is -0.342 e. The van der Waals surface area contributed by atoms with Gasteiger partial charge in [0.15, 0.2) is 0 Å². The van der Waals surface area contributed by atoms with E-state index in [1.165, 1.54) is 11.3 Å². The summed E-state index contributed by atoms with van der Waals surface area (Å²) in [6.07, 6.45) is 0.517. The Bertz CT molecular complexity index is 1020. The molecule has 0 unspecified atom stereocenters. The molecule has 0 spiro atoms. The Morgan fingerprint density at radius 3 is 2.84 bits per heavy atom. The Balaban J connectivity index is 1.55. The van der Waals surface area contributed by atoms with Gasteiger partial charge in [0.25, 0.3) is 0 Å². The van der Waals surface area contributed by atoms with Gasteiger partial charge in [0.2, 0.25) is 5.91 Å². The second kappa shape index (κ2) is 8.78. The van der Waals surface area contributed by atoms with Crippen LogP contribution in [0.5, 0.6) is 0 Å². The van der Waals surface area contributed by atoms with Gasteiger partial charge < -0.3 is 4.90 Å². The average Bonchev–Trinajstić information content (AvgIpc) is 3.47. The van der Waals surface area contributed by atoms with Crippen LogP contribution in [0.25, 0.3) is 10.6 Å². The summed E-state index contributed by atoms with van der Waals surface area (Å²) in [6.45, 7) is 2.81. The van der Waals surface area contributed by atoms with Crippen molar-refractivity contribution in [2.45, 2.75) is 44.3 Å². The Morgan fingerprint density at radius 2 is 2.16 bits per heavy atom. The molecule has 2 atom stereocenters. The molecule has 0 aromatic carbocycles. The number of nitrogens with zero attached hydrogens (tertiary/aromatic N) is 5. The number of alkyl halides is 3. The molecule has 31 heavy (non-hydrogen) atoms. The lowest BCUT2D eigenvalue weighted by Crippen LogP contribution is -2.40. The van der Waals surface area contributed by atoms with Crippen LogP contribution in [0.15, 0.2) is 42.0 Å². The second-order valence-electron chi connectivity index (χ2n) is 7.69. The molecule has 0 radical (unpaired) electrons. The predicted octanol–water partition coefficient (Wildman–Crippen LogP) is 4.78. The summed E-state index contributed by atoms with van der Waals surface area (Å²) in [4.78, 5) is 23.5. The third-order valence-electron chi connectivity index (χ3n) is 5.39. The van der Waals surface area contributed by atoms with Crippen molar-refractivity contribution in [1.29, 1.82) is 0 Å². The maximum absolute atomic E-state index is 13.5. The van der Waals surface area contributed by atoms with Crippen LogP contribution in [0.4, 0.5) is 13.2 Å². The summed E-state index contributed by atoms with van der Waals surface area (Å²) >= 11 is 1.33. The summed E-state index contributed by atoms with van der Waals surface area (Å²) in [6, 6.07) is 6.21. The Kier molecular flexibility index (Phi) is 6.08. The molecule has 0 bridgehead atoms. The van der Waals surface area contributed by atoms with Crippen molar-refractivity contribution in [2.24, 2.45) is 0 Å². The van der Waals surface area contributed by atoms with Crippen LogP contribution in [0.2, 0.25) is 0 Å². The molecule has 1 aliphatic heterocycles. The molecule has 0 N–H and O–H groups in total. The first-order chi connectivity index (χ1) is 14.8. The SMILES string of the molecule is C[C@@H](CC(=O)N1CCC[C@@H](c2nc(-c3cccs3)cc(C(F)(F)F)n2)C1)n1cccn1. The minimum absolute atomic E-state index is 0.0434. The van der Waals surface area contributed by atoms with Gasteiger partial charge in [-0.2, -0.15) is 18.3 Å². The van der Waals surface area contributed by atoms with Crippen LogP contribution >= 0.6 is 11.3 Å². The molecule has 10 heteroatoms. The van der Waals surface area contributed by atoms with E-state index in [9.17, 15) is 18.0 Å². The first-order valence-corrected chi connectivity index (χ1v) is 11.0. The van der Waals surface area contributed by atoms with E-state index in [2.05, 4.69) is 15.1 Å². The summed E-state index contributed by atoms with van der Waals surface area (Å²) in [7, 11) is 0. The number of likely N-dealkylation sites (tertiary alicyclic amines) is 1. The molecule has 3 aromatic rings. The highest BCUT2D eigenvalue weighted by molar-refractivity contribution is 7.13. The molecule has 1 fully saturated rings. The molecule has 1 aliphatic rings. The van der Waals surface area contributed by atoms with Crippen molar-refractivity contribution >= 4 is 17.2 Å². The van der Waals surface area contributed by atoms with E-state index in [-0.39, 0.29) is 35.8 Å². The predicted molar refractivity (Wildman–Crippen MR) is 110 cm³/mol. The Hall–Kier alpha value is -2.75. The lowest BCUT2D eigenvalue weighted by atomic mass is 9.96. The van der Waals surface area contributed by atoms with Crippen molar-refractivity contribution in [2.75, 3.05) is 13.1 Å². The van der Waals surface area contributed by atoms with Gasteiger partial charge in [-0.15, -0.1) is 11.3 Å². The van der Waals surface area contributed by atoms with Crippen molar-refractivity contribution < 1.29 is 18.0 Å². The van der Waals surface area contributed by atoms with Gasteiger partial charge in [-0.3, -0.25) is 9.48 Å². The van der Waals surface area contributed by atoms with Gasteiger partial charge in [-0.1, -0.05) is 6.07 Å². The average molecular weight is 450 g/mol. The minimum atomic E-state index is -4.56. The highest BCUT2D eigenvalue weighted by atomic mass is 32.1. The first kappa shape index (κ1) is 21.5. The van der Waals surface area contributed by atoms with Gasteiger partial charge in [-0.25, -0.2) is 9.97 Å². The summed E-state index contributed by atoms with van der Waals surface area (Å²) in [5.74, 6) is -0.229. The fourth-order valence-electron chi connectivity index (χ4n) is 3.78. The topological polar surface area (TPSA) is 63.9 Å². The molecule has 4 rings (SSSR count). The smallest absolute Gasteiger partial charge is 0.342 e. The lowest BCUT2D eigenvalue weighted by molar-refractivity contribution is -0.141. The zero-order valence-corrected chi connectivity index (χ0v) is 17.7. The van der Waals surface area contributed by atoms with E-state index in [1.807, 2.05) is 6.92 Å². The second-order valence-corrected chi connectivity index (χ2v) is 8.64. The normalized spacial score (nSPS) is 18.2. The number of aromatic nitrogens is 4. The number of piperidine rings is 1. The van der Waals surface area contributed by atoms with Crippen molar-refractivity contribution in [3.05, 3.63) is 53.6 Å². The third kappa shape index (κ3) is 4.95. The van der Waals surface area contributed by atoms with Crippen LogP contribution in [0.3, 0.4) is 0 Å². The van der Waals surface area contributed by atoms with E-state index >= 15 is 0 Å². The van der Waals surface area contributed by atoms with E-state index < -0.39 is 11.9 Å². The molecule has 6 nitrogen and oxygen atoms in total. The van der Waals surface area contributed by atoms with Crippen molar-refractivity contribution in [1.82, 2.24) is 24.6 Å². The fourth-order valence-corrected chi connectivity index (χ4v) is 4.46. The number of carbonyl (C=O) groups is 1. The molecular weight excluding hydrogens is 427 g/mol. The number of amides is 1. The monoisotopic (exact) mass is 449 g/mol. The van der Waals surface area contributed by atoms with Gasteiger partial charge in [0.05, 0.1) is 16.6 Å². The molecule has 0 aliphatic carbocycles. The fraction of sp³-hybridized carbons (Fsp3) is 0.429. The van der Waals surface area contributed by atoms with Gasteiger partial charge in [0.1, 0.15) is 11.5 Å². The van der Waals surface area contributed by atoms with Crippen molar-refractivity contribution in [3.8, 4) is 10.6 Å². The number of halogens is 3. The molecular formula is C21H22F3N5OS. The van der Waals surface area contributed by atoms with Crippen LogP contribution < -0.4 is 0 Å². The number of rotatable bonds is 5. The standard InChI is InChI=1S/C21H22F3N5OS/c1-14(29-9-4-7-25-29)11-19(30)28-8-2-5-15(13-28)20-26-16(17-6-3-10-31-17)12-18(27-20)21(22,23)24/h3-4,6-7,9-10,12,14-15H,2,5,8,11,13H2,1H3/t14-,15+/m0/s1. The van der Waals surface area contributed by atoms with Crippen LogP contribution in [-0.4, -0.2) is 43.6 Å². The third-order valence-corrected chi connectivity index (χ3v) is 6.29. The molecule has 0 saturated carbocycles. The first-order valence-electron chi connectivity index (χ1n) is 10.1. The summed E-state index contributed by atoms with van der Waals surface area (Å²) < 4.78 is 42.2. The molecule has 1 saturated heterocycles. The lowest BCUT2D eigenvalue weighted by Gasteiger charge is -2.33. The zero-order valence-electron chi connectivity index (χ0n) is 16.9. The van der Waals surface area contributed by atoms with E-state index in [0.717, 1.165) is 6.07 Å². The van der Waals surface area contributed by atoms with Crippen molar-refractivity contribution in [3.63, 3.8) is 0 Å². The van der Waals surface area contributed by atoms with Gasteiger partial charge >= 0.3 is 6.18 Å². The highest BCUT2D eigenvalue weighted by Gasteiger charge is 2.35. The van der Waals surface area contributed by atoms with Gasteiger partial charge in [-0.05, 0) is 43.3 Å². The zero-order chi connectivity index (χ0) is 22.0. The van der Waals surface area contributed by atoms with Gasteiger partial charge in [0, 0.05) is 37.8 Å². The number of hydrogen-bond acceptors (Lipinski definition) is 5. The van der Waals surface area contributed by atoms with E-state index in [1.54, 1.807) is 45.6 Å². The summed E-state index contributed by atoms with van der Waals surface area (Å²) in [5, 5.41) is 5.96. The maximum atomic E-state index is 13.5. The molecule has 3 aromatic heterocycles. The number of hydrogen-bond donors (Lipinski definition) is 0. The number of thiophene rings is 1. The van der Waals surface area contributed by atoms with Crippen LogP contribution in [0.1, 0.15) is 49.7 Å². The van der Waals surface area contributed by atoms with E-state index in [4.69, 9.17) is 0 Å². The van der Waals surface area contributed by atoms with Crippen LogP contribution in [0, 0.1) is 0 Å². The largest absolute Gasteiger partial charge is 0.433 e. The Labute approximate surface area is 181 Å². The number of carbonyl (C=O) groups excluding carboxylic acids is 1. The molecule has 4 heterocycles. The van der Waals surface area contributed by atoms with E-state index in [0.29, 0.717) is 30.8 Å². The molecule has 1 amide bonds. The Morgan fingerprint density at radius 1 is 1.32 bits per heavy atom. The highest BCUT2D eigenvalue weighted by Crippen LogP contribution is 2.34. The van der Waals surface area contributed by atoms with Crippen LogP contribution in [-0.2, 0) is 11.0 Å².